The minimum atomic E-state index is -3.77. The number of carbonyl (C=O) groups is 1. The van der Waals surface area contributed by atoms with Gasteiger partial charge in [0, 0.05) is 29.6 Å². The average Bonchev–Trinajstić information content (AvgIpc) is 2.75. The predicted molar refractivity (Wildman–Crippen MR) is 117 cm³/mol. The molecular formula is C21H24Cl2N2O4S. The Bertz CT molecular complexity index is 1020. The molecule has 6 nitrogen and oxygen atoms in total. The van der Waals surface area contributed by atoms with E-state index in [2.05, 4.69) is 5.32 Å². The van der Waals surface area contributed by atoms with Crippen LogP contribution in [0.15, 0.2) is 47.4 Å². The number of hydrogen-bond acceptors (Lipinski definition) is 4. The second-order valence-electron chi connectivity index (χ2n) is 7.23. The van der Waals surface area contributed by atoms with Crippen LogP contribution in [0, 0.1) is 5.92 Å². The summed E-state index contributed by atoms with van der Waals surface area (Å²) in [5.41, 5.74) is 0.893. The molecule has 0 radical (unpaired) electrons. The maximum absolute atomic E-state index is 12.9. The summed E-state index contributed by atoms with van der Waals surface area (Å²) >= 11 is 12.0. The zero-order valence-electron chi connectivity index (χ0n) is 16.8. The molecule has 0 bridgehead atoms. The molecule has 1 heterocycles. The standard InChI is InChI=1S/C21H24Cl2N2O4S/c1-14(17-5-3-4-6-19(17)29-2)24-21(26)15-9-11-25(12-10-15)30(27,28)20-13-16(22)7-8-18(20)23/h3-8,13-15H,9-12H2,1-2H3,(H,24,26)/t14-/m1/s1. The molecule has 1 N–H and O–H groups in total. The lowest BCUT2D eigenvalue weighted by molar-refractivity contribution is -0.126. The third kappa shape index (κ3) is 4.91. The number of nitrogens with zero attached hydrogens (tertiary/aromatic N) is 1. The van der Waals surface area contributed by atoms with Gasteiger partial charge in [0.15, 0.2) is 0 Å². The minimum Gasteiger partial charge on any atom is -0.496 e. The van der Waals surface area contributed by atoms with Crippen LogP contribution < -0.4 is 10.1 Å². The molecule has 0 saturated carbocycles. The van der Waals surface area contributed by atoms with Gasteiger partial charge in [-0.25, -0.2) is 8.42 Å². The van der Waals surface area contributed by atoms with E-state index in [0.717, 1.165) is 5.56 Å². The normalized spacial score (nSPS) is 16.8. The molecule has 9 heteroatoms. The third-order valence-electron chi connectivity index (χ3n) is 5.30. The van der Waals surface area contributed by atoms with Crippen molar-refractivity contribution < 1.29 is 17.9 Å². The maximum atomic E-state index is 12.9. The summed E-state index contributed by atoms with van der Waals surface area (Å²) in [7, 11) is -2.18. The van der Waals surface area contributed by atoms with Crippen molar-refractivity contribution in [3.8, 4) is 5.75 Å². The van der Waals surface area contributed by atoms with Crippen LogP contribution in [0.2, 0.25) is 10.0 Å². The van der Waals surface area contributed by atoms with Crippen molar-refractivity contribution in [1.82, 2.24) is 9.62 Å². The van der Waals surface area contributed by atoms with E-state index >= 15 is 0 Å². The highest BCUT2D eigenvalue weighted by atomic mass is 35.5. The molecule has 0 aromatic heterocycles. The zero-order valence-corrected chi connectivity index (χ0v) is 19.1. The quantitative estimate of drug-likeness (QED) is 0.683. The molecule has 1 aliphatic rings. The fourth-order valence-electron chi connectivity index (χ4n) is 3.61. The number of hydrogen-bond donors (Lipinski definition) is 1. The van der Waals surface area contributed by atoms with Crippen molar-refractivity contribution in [1.29, 1.82) is 0 Å². The summed E-state index contributed by atoms with van der Waals surface area (Å²) < 4.78 is 32.6. The molecule has 0 aliphatic carbocycles. The molecule has 162 valence electrons. The van der Waals surface area contributed by atoms with Gasteiger partial charge in [0.05, 0.1) is 18.2 Å². The van der Waals surface area contributed by atoms with Crippen molar-refractivity contribution in [3.05, 3.63) is 58.1 Å². The molecule has 3 rings (SSSR count). The average molecular weight is 471 g/mol. The van der Waals surface area contributed by atoms with Gasteiger partial charge < -0.3 is 10.1 Å². The number of rotatable bonds is 6. The molecule has 1 atom stereocenters. The Kier molecular flexibility index (Phi) is 7.29. The second-order valence-corrected chi connectivity index (χ2v) is 9.98. The SMILES string of the molecule is COc1ccccc1[C@@H](C)NC(=O)C1CCN(S(=O)(=O)c2cc(Cl)ccc2Cl)CC1. The molecule has 1 fully saturated rings. The first-order chi connectivity index (χ1) is 14.2. The topological polar surface area (TPSA) is 75.7 Å². The maximum Gasteiger partial charge on any atom is 0.244 e. The van der Waals surface area contributed by atoms with E-state index in [-0.39, 0.29) is 40.9 Å². The Labute approximate surface area is 187 Å². The highest BCUT2D eigenvalue weighted by Gasteiger charge is 2.33. The van der Waals surface area contributed by atoms with Gasteiger partial charge in [-0.2, -0.15) is 4.31 Å². The fourth-order valence-corrected chi connectivity index (χ4v) is 5.81. The van der Waals surface area contributed by atoms with Crippen LogP contribution in [-0.2, 0) is 14.8 Å². The van der Waals surface area contributed by atoms with Gasteiger partial charge >= 0.3 is 0 Å². The lowest BCUT2D eigenvalue weighted by Crippen LogP contribution is -2.43. The number of nitrogens with one attached hydrogen (secondary N) is 1. The van der Waals surface area contributed by atoms with Crippen molar-refractivity contribution in [2.24, 2.45) is 5.92 Å². The number of methoxy groups -OCH3 is 1. The van der Waals surface area contributed by atoms with E-state index in [1.54, 1.807) is 13.2 Å². The Morgan fingerprint density at radius 2 is 1.83 bits per heavy atom. The van der Waals surface area contributed by atoms with Crippen LogP contribution in [0.5, 0.6) is 5.75 Å². The van der Waals surface area contributed by atoms with Crippen molar-refractivity contribution >= 4 is 39.1 Å². The number of para-hydroxylation sites is 1. The van der Waals surface area contributed by atoms with E-state index in [1.807, 2.05) is 31.2 Å². The Morgan fingerprint density at radius 3 is 2.50 bits per heavy atom. The first-order valence-corrected chi connectivity index (χ1v) is 11.8. The van der Waals surface area contributed by atoms with Gasteiger partial charge in [-0.15, -0.1) is 0 Å². The van der Waals surface area contributed by atoms with Crippen LogP contribution in [0.4, 0.5) is 0 Å². The highest BCUT2D eigenvalue weighted by Crippen LogP contribution is 2.31. The molecule has 0 unspecified atom stereocenters. The van der Waals surface area contributed by atoms with Crippen LogP contribution in [0.3, 0.4) is 0 Å². The van der Waals surface area contributed by atoms with Crippen LogP contribution in [0.25, 0.3) is 0 Å². The van der Waals surface area contributed by atoms with Crippen molar-refractivity contribution in [3.63, 3.8) is 0 Å². The molecular weight excluding hydrogens is 447 g/mol. The number of sulfonamides is 1. The smallest absolute Gasteiger partial charge is 0.244 e. The number of halogens is 2. The largest absolute Gasteiger partial charge is 0.496 e. The van der Waals surface area contributed by atoms with Gasteiger partial charge in [-0.05, 0) is 44.0 Å². The van der Waals surface area contributed by atoms with Crippen molar-refractivity contribution in [2.75, 3.05) is 20.2 Å². The summed E-state index contributed by atoms with van der Waals surface area (Å²) in [6.45, 7) is 2.38. The molecule has 30 heavy (non-hydrogen) atoms. The van der Waals surface area contributed by atoms with Gasteiger partial charge in [0.1, 0.15) is 10.6 Å². The summed E-state index contributed by atoms with van der Waals surface area (Å²) in [6.07, 6.45) is 0.865. The third-order valence-corrected chi connectivity index (χ3v) is 7.92. The highest BCUT2D eigenvalue weighted by molar-refractivity contribution is 7.89. The van der Waals surface area contributed by atoms with E-state index in [0.29, 0.717) is 23.6 Å². The van der Waals surface area contributed by atoms with Crippen LogP contribution >= 0.6 is 23.2 Å². The van der Waals surface area contributed by atoms with E-state index in [4.69, 9.17) is 27.9 Å². The predicted octanol–water partition coefficient (Wildman–Crippen LogP) is 4.28. The number of piperidine rings is 1. The summed E-state index contributed by atoms with van der Waals surface area (Å²) in [6, 6.07) is 11.7. The Hall–Kier alpha value is -1.80. The minimum absolute atomic E-state index is 0.00985. The van der Waals surface area contributed by atoms with Gasteiger partial charge in [0.2, 0.25) is 15.9 Å². The first-order valence-electron chi connectivity index (χ1n) is 9.62. The summed E-state index contributed by atoms with van der Waals surface area (Å²) in [5, 5.41) is 3.45. The molecule has 1 aliphatic heterocycles. The number of ether oxygens (including phenoxy) is 1. The molecule has 0 spiro atoms. The Morgan fingerprint density at radius 1 is 1.17 bits per heavy atom. The van der Waals surface area contributed by atoms with Crippen molar-refractivity contribution in [2.45, 2.75) is 30.7 Å². The zero-order chi connectivity index (χ0) is 21.9. The van der Waals surface area contributed by atoms with Crippen LogP contribution in [-0.4, -0.2) is 38.8 Å². The van der Waals surface area contributed by atoms with E-state index in [1.165, 1.54) is 16.4 Å². The molecule has 1 saturated heterocycles. The van der Waals surface area contributed by atoms with Gasteiger partial charge in [0.25, 0.3) is 0 Å². The lowest BCUT2D eigenvalue weighted by Gasteiger charge is -2.31. The molecule has 2 aromatic carbocycles. The number of amides is 1. The van der Waals surface area contributed by atoms with E-state index in [9.17, 15) is 13.2 Å². The Balaban J connectivity index is 1.63. The summed E-state index contributed by atoms with van der Waals surface area (Å²) in [5.74, 6) is 0.360. The second kappa shape index (κ2) is 9.56. The lowest BCUT2D eigenvalue weighted by atomic mass is 9.96. The fraction of sp³-hybridized carbons (Fsp3) is 0.381. The van der Waals surface area contributed by atoms with Gasteiger partial charge in [-0.3, -0.25) is 4.79 Å². The summed E-state index contributed by atoms with van der Waals surface area (Å²) in [4.78, 5) is 12.7. The van der Waals surface area contributed by atoms with E-state index < -0.39 is 10.0 Å². The molecule has 2 aromatic rings. The number of carbonyl (C=O) groups excluding carboxylic acids is 1. The van der Waals surface area contributed by atoms with Gasteiger partial charge in [-0.1, -0.05) is 41.4 Å². The molecule has 1 amide bonds. The number of benzene rings is 2. The van der Waals surface area contributed by atoms with Crippen LogP contribution in [0.1, 0.15) is 31.4 Å². The first kappa shape index (κ1) is 22.9. The monoisotopic (exact) mass is 470 g/mol.